The van der Waals surface area contributed by atoms with Gasteiger partial charge in [0, 0.05) is 16.9 Å². The number of fused-ring (bicyclic) bond motifs is 4. The number of halogens is 2. The van der Waals surface area contributed by atoms with E-state index < -0.39 is 11.2 Å². The highest BCUT2D eigenvalue weighted by Gasteiger charge is 2.77. The molecular formula is C23H21F2NO2. The zero-order valence-corrected chi connectivity index (χ0v) is 15.4. The zero-order valence-electron chi connectivity index (χ0n) is 15.4. The molecule has 6 aliphatic rings. The lowest BCUT2D eigenvalue weighted by atomic mass is 9.44. The number of rotatable bonds is 0. The second kappa shape index (κ2) is 4.95. The van der Waals surface area contributed by atoms with E-state index in [4.69, 9.17) is 9.78 Å². The van der Waals surface area contributed by atoms with Crippen molar-refractivity contribution in [3.8, 4) is 0 Å². The molecule has 1 N–H and O–H groups in total. The van der Waals surface area contributed by atoms with Gasteiger partial charge in [-0.25, -0.2) is 18.6 Å². The largest absolute Gasteiger partial charge is 0.355 e. The first kappa shape index (κ1) is 15.9. The van der Waals surface area contributed by atoms with Crippen LogP contribution in [0.3, 0.4) is 0 Å². The molecule has 0 radical (unpaired) electrons. The van der Waals surface area contributed by atoms with E-state index in [2.05, 4.69) is 5.32 Å². The molecule has 5 fully saturated rings. The standard InChI is InChI=1S/C23H21F2NO2/c24-16-4-5-17-20(11-16)26-19-3-1-2-18(25)21(19)23(17)22(27-28-23)14-7-12-6-13(9-14)10-15(22)8-12/h1-5,11-15,26H,6-10H2. The predicted octanol–water partition coefficient (Wildman–Crippen LogP) is 5.42. The van der Waals surface area contributed by atoms with Crippen LogP contribution in [0.1, 0.15) is 43.2 Å². The van der Waals surface area contributed by atoms with Crippen molar-refractivity contribution in [1.82, 2.24) is 0 Å². The lowest BCUT2D eigenvalue weighted by Gasteiger charge is -2.70. The van der Waals surface area contributed by atoms with Crippen molar-refractivity contribution < 1.29 is 18.6 Å². The van der Waals surface area contributed by atoms with Crippen molar-refractivity contribution in [2.24, 2.45) is 23.7 Å². The molecule has 4 aliphatic carbocycles. The molecule has 2 spiro atoms. The lowest BCUT2D eigenvalue weighted by Crippen LogP contribution is -2.76. The summed E-state index contributed by atoms with van der Waals surface area (Å²) in [6, 6.07) is 9.70. The highest BCUT2D eigenvalue weighted by Crippen LogP contribution is 2.72. The third kappa shape index (κ3) is 1.61. The van der Waals surface area contributed by atoms with Crippen LogP contribution in [0.15, 0.2) is 36.4 Å². The number of hydrogen-bond acceptors (Lipinski definition) is 3. The van der Waals surface area contributed by atoms with Gasteiger partial charge in [-0.3, -0.25) is 0 Å². The molecule has 1 saturated heterocycles. The minimum atomic E-state index is -1.01. The molecule has 2 heterocycles. The molecule has 0 aromatic heterocycles. The molecule has 1 unspecified atom stereocenters. The summed E-state index contributed by atoms with van der Waals surface area (Å²) in [7, 11) is 0. The normalized spacial score (nSPS) is 41.5. The van der Waals surface area contributed by atoms with Gasteiger partial charge in [-0.05, 0) is 80.0 Å². The Labute approximate surface area is 162 Å². The zero-order chi connectivity index (χ0) is 18.7. The summed E-state index contributed by atoms with van der Waals surface area (Å²) >= 11 is 0. The Hall–Kier alpha value is -1.98. The van der Waals surface area contributed by atoms with Crippen molar-refractivity contribution in [2.45, 2.75) is 43.3 Å². The van der Waals surface area contributed by atoms with Crippen molar-refractivity contribution in [3.05, 3.63) is 59.2 Å². The summed E-state index contributed by atoms with van der Waals surface area (Å²) in [5.74, 6) is 1.59. The van der Waals surface area contributed by atoms with Gasteiger partial charge in [0.15, 0.2) is 5.60 Å². The molecule has 2 aromatic rings. The van der Waals surface area contributed by atoms with Crippen LogP contribution in [-0.4, -0.2) is 5.60 Å². The Morgan fingerprint density at radius 3 is 2.29 bits per heavy atom. The van der Waals surface area contributed by atoms with Gasteiger partial charge >= 0.3 is 0 Å². The van der Waals surface area contributed by atoms with E-state index in [0.717, 1.165) is 43.1 Å². The maximum Gasteiger partial charge on any atom is 0.193 e. The third-order valence-corrected chi connectivity index (χ3v) is 8.20. The Morgan fingerprint density at radius 2 is 1.61 bits per heavy atom. The van der Waals surface area contributed by atoms with Gasteiger partial charge in [-0.1, -0.05) is 12.1 Å². The van der Waals surface area contributed by atoms with Crippen LogP contribution in [0.4, 0.5) is 20.2 Å². The Balaban J connectivity index is 1.53. The van der Waals surface area contributed by atoms with Gasteiger partial charge in [0.25, 0.3) is 0 Å². The fraction of sp³-hybridized carbons (Fsp3) is 0.478. The first-order valence-electron chi connectivity index (χ1n) is 10.3. The van der Waals surface area contributed by atoms with Gasteiger partial charge in [0.05, 0.1) is 5.56 Å². The van der Waals surface area contributed by atoms with Crippen LogP contribution in [0.2, 0.25) is 0 Å². The number of benzene rings is 2. The van der Waals surface area contributed by atoms with Crippen LogP contribution in [0, 0.1) is 35.3 Å². The van der Waals surface area contributed by atoms with E-state index >= 15 is 4.39 Å². The van der Waals surface area contributed by atoms with Gasteiger partial charge in [0.1, 0.15) is 17.2 Å². The van der Waals surface area contributed by atoms with Crippen LogP contribution in [0.25, 0.3) is 0 Å². The summed E-state index contributed by atoms with van der Waals surface area (Å²) < 4.78 is 29.4. The molecule has 0 amide bonds. The number of hydrogen-bond donors (Lipinski definition) is 1. The fourth-order valence-electron chi connectivity index (χ4n) is 7.50. The molecule has 4 bridgehead atoms. The summed E-state index contributed by atoms with van der Waals surface area (Å²) in [6.07, 6.45) is 5.79. The van der Waals surface area contributed by atoms with E-state index in [1.165, 1.54) is 24.6 Å². The van der Waals surface area contributed by atoms with Crippen LogP contribution >= 0.6 is 0 Å². The fourth-order valence-corrected chi connectivity index (χ4v) is 7.50. The SMILES string of the molecule is Fc1ccc2c(c1)Nc1cccc(F)c1C21OOC12C1CC3CC(C1)CC2C3. The van der Waals surface area contributed by atoms with Gasteiger partial charge in [-0.2, -0.15) is 0 Å². The predicted molar refractivity (Wildman–Crippen MR) is 98.8 cm³/mol. The molecule has 2 aromatic carbocycles. The second-order valence-electron chi connectivity index (χ2n) is 9.42. The second-order valence-corrected chi connectivity index (χ2v) is 9.42. The molecule has 5 heteroatoms. The van der Waals surface area contributed by atoms with E-state index in [0.29, 0.717) is 28.8 Å². The highest BCUT2D eigenvalue weighted by atomic mass is 19.1. The monoisotopic (exact) mass is 381 g/mol. The van der Waals surface area contributed by atoms with E-state index in [1.807, 2.05) is 6.07 Å². The number of anilines is 2. The van der Waals surface area contributed by atoms with Crippen molar-refractivity contribution >= 4 is 11.4 Å². The maximum absolute atomic E-state index is 15.3. The van der Waals surface area contributed by atoms with E-state index in [9.17, 15) is 4.39 Å². The molecule has 4 saturated carbocycles. The molecule has 8 rings (SSSR count). The Morgan fingerprint density at radius 1 is 0.857 bits per heavy atom. The van der Waals surface area contributed by atoms with Crippen LogP contribution in [0.5, 0.6) is 0 Å². The quantitative estimate of drug-likeness (QED) is 0.618. The van der Waals surface area contributed by atoms with Crippen LogP contribution < -0.4 is 5.32 Å². The summed E-state index contributed by atoms with van der Waals surface area (Å²) in [4.78, 5) is 12.1. The average molecular weight is 381 g/mol. The molecule has 2 aliphatic heterocycles. The molecule has 3 nitrogen and oxygen atoms in total. The van der Waals surface area contributed by atoms with Gasteiger partial charge in [-0.15, -0.1) is 0 Å². The lowest BCUT2D eigenvalue weighted by molar-refractivity contribution is -0.583. The van der Waals surface area contributed by atoms with Crippen LogP contribution in [-0.2, 0) is 15.4 Å². The molecular weight excluding hydrogens is 360 g/mol. The van der Waals surface area contributed by atoms with Gasteiger partial charge in [0.2, 0.25) is 0 Å². The third-order valence-electron chi connectivity index (χ3n) is 8.20. The first-order valence-corrected chi connectivity index (χ1v) is 10.3. The average Bonchev–Trinajstić information content (AvgIpc) is 2.65. The Bertz CT molecular complexity index is 994. The molecule has 1 atom stereocenters. The summed E-state index contributed by atoms with van der Waals surface area (Å²) in [6.45, 7) is 0. The van der Waals surface area contributed by atoms with E-state index in [-0.39, 0.29) is 11.6 Å². The Kier molecular flexibility index (Phi) is 2.81. The minimum Gasteiger partial charge on any atom is -0.355 e. The van der Waals surface area contributed by atoms with E-state index in [1.54, 1.807) is 12.1 Å². The van der Waals surface area contributed by atoms with Crippen molar-refractivity contribution in [3.63, 3.8) is 0 Å². The van der Waals surface area contributed by atoms with Crippen molar-refractivity contribution in [1.29, 1.82) is 0 Å². The topological polar surface area (TPSA) is 30.5 Å². The highest BCUT2D eigenvalue weighted by molar-refractivity contribution is 5.77. The summed E-state index contributed by atoms with van der Waals surface area (Å²) in [5, 5.41) is 3.24. The first-order chi connectivity index (χ1) is 13.6. The summed E-state index contributed by atoms with van der Waals surface area (Å²) in [5.41, 5.74) is 1.04. The van der Waals surface area contributed by atoms with Crippen molar-refractivity contribution in [2.75, 3.05) is 5.32 Å². The minimum absolute atomic E-state index is 0.295. The maximum atomic E-state index is 15.3. The molecule has 144 valence electrons. The smallest absolute Gasteiger partial charge is 0.193 e. The van der Waals surface area contributed by atoms with Gasteiger partial charge < -0.3 is 5.32 Å². The number of nitrogens with one attached hydrogen (secondary N) is 1. The molecule has 28 heavy (non-hydrogen) atoms.